The number of carbonyl (C=O) groups is 1. The van der Waals surface area contributed by atoms with Crippen LogP contribution < -0.4 is 4.74 Å². The first-order chi connectivity index (χ1) is 19.5. The Morgan fingerprint density at radius 1 is 1.17 bits per heavy atom. The smallest absolute Gasteiger partial charge is 0.433 e. The van der Waals surface area contributed by atoms with Crippen molar-refractivity contribution < 1.29 is 32.2 Å². The van der Waals surface area contributed by atoms with Gasteiger partial charge in [0.2, 0.25) is 5.88 Å². The van der Waals surface area contributed by atoms with E-state index in [0.717, 1.165) is 6.20 Å². The number of halogens is 4. The molecule has 0 spiro atoms. The molecule has 1 amide bonds. The number of hydrogen-bond donors (Lipinski definition) is 1. The van der Waals surface area contributed by atoms with Crippen molar-refractivity contribution in [2.24, 2.45) is 0 Å². The number of methoxy groups -OCH3 is 1. The minimum absolute atomic E-state index is 0.0167. The van der Waals surface area contributed by atoms with Gasteiger partial charge in [0.15, 0.2) is 11.3 Å². The maximum Gasteiger partial charge on any atom is 0.433 e. The lowest BCUT2D eigenvalue weighted by atomic mass is 10.0. The third-order valence-corrected chi connectivity index (χ3v) is 7.40. The van der Waals surface area contributed by atoms with Gasteiger partial charge in [-0.25, -0.2) is 18.9 Å². The van der Waals surface area contributed by atoms with Gasteiger partial charge in [-0.1, -0.05) is 18.2 Å². The third kappa shape index (κ3) is 5.22. The lowest BCUT2D eigenvalue weighted by molar-refractivity contribution is -0.143. The SMILES string of the molecule is COc1ccc(-c2nc3c(C(=O)N4CCN([C@H](CO)c5ccccc5F)C[C@H]4C)cnn3c(C(F)(F)F)c2C)cn1. The minimum Gasteiger partial charge on any atom is -0.481 e. The zero-order chi connectivity index (χ0) is 29.5. The highest BCUT2D eigenvalue weighted by atomic mass is 19.4. The molecule has 41 heavy (non-hydrogen) atoms. The number of rotatable bonds is 6. The molecule has 3 aromatic heterocycles. The molecule has 1 saturated heterocycles. The lowest BCUT2D eigenvalue weighted by Crippen LogP contribution is -2.55. The number of aliphatic hydroxyl groups excluding tert-OH is 1. The predicted octanol–water partition coefficient (Wildman–Crippen LogP) is 4.15. The van der Waals surface area contributed by atoms with Crippen molar-refractivity contribution in [2.45, 2.75) is 32.1 Å². The van der Waals surface area contributed by atoms with Crippen LogP contribution in [0.3, 0.4) is 0 Å². The summed E-state index contributed by atoms with van der Waals surface area (Å²) >= 11 is 0. The van der Waals surface area contributed by atoms with Crippen molar-refractivity contribution in [2.75, 3.05) is 33.4 Å². The van der Waals surface area contributed by atoms with Crippen LogP contribution in [0.4, 0.5) is 17.6 Å². The molecule has 0 unspecified atom stereocenters. The molecule has 0 radical (unpaired) electrons. The molecule has 1 N–H and O–H groups in total. The predicted molar refractivity (Wildman–Crippen MR) is 141 cm³/mol. The molecule has 1 aliphatic rings. The second kappa shape index (κ2) is 11.1. The van der Waals surface area contributed by atoms with Crippen LogP contribution in [0.15, 0.2) is 48.8 Å². The van der Waals surface area contributed by atoms with Gasteiger partial charge in [-0.3, -0.25) is 9.69 Å². The Kier molecular flexibility index (Phi) is 7.66. The molecular weight excluding hydrogens is 544 g/mol. The summed E-state index contributed by atoms with van der Waals surface area (Å²) in [6, 6.07) is 8.25. The first-order valence-electron chi connectivity index (χ1n) is 12.9. The summed E-state index contributed by atoms with van der Waals surface area (Å²) in [6.45, 7) is 3.61. The largest absolute Gasteiger partial charge is 0.481 e. The summed E-state index contributed by atoms with van der Waals surface area (Å²) < 4.78 is 63.0. The van der Waals surface area contributed by atoms with Crippen molar-refractivity contribution >= 4 is 11.6 Å². The molecule has 1 aromatic carbocycles. The molecule has 1 aliphatic heterocycles. The molecule has 2 atom stereocenters. The molecule has 0 saturated carbocycles. The number of aliphatic hydroxyl groups is 1. The number of fused-ring (bicyclic) bond motifs is 1. The number of piperazine rings is 1. The van der Waals surface area contributed by atoms with Crippen molar-refractivity contribution in [3.8, 4) is 17.1 Å². The van der Waals surface area contributed by atoms with E-state index in [2.05, 4.69) is 15.1 Å². The van der Waals surface area contributed by atoms with Gasteiger partial charge >= 0.3 is 6.18 Å². The van der Waals surface area contributed by atoms with Crippen molar-refractivity contribution in [1.82, 2.24) is 29.4 Å². The van der Waals surface area contributed by atoms with Gasteiger partial charge in [-0.15, -0.1) is 0 Å². The maximum absolute atomic E-state index is 14.4. The molecule has 1 fully saturated rings. The fourth-order valence-corrected chi connectivity index (χ4v) is 5.36. The van der Waals surface area contributed by atoms with E-state index in [-0.39, 0.29) is 41.5 Å². The standard InChI is InChI=1S/C28H28F4N6O3/c1-16-14-36(22(15-39)19-6-4-5-7-21(19)29)10-11-37(16)27(40)20-13-34-38-25(28(30,31)32)17(2)24(35-26(20)38)18-8-9-23(41-3)33-12-18/h4-9,12-13,16,22,39H,10-11,14-15H2,1-3H3/t16-,22-/m1/s1. The Morgan fingerprint density at radius 2 is 1.93 bits per heavy atom. The lowest BCUT2D eigenvalue weighted by Gasteiger charge is -2.43. The number of benzene rings is 1. The molecule has 9 nitrogen and oxygen atoms in total. The van der Waals surface area contributed by atoms with Gasteiger partial charge in [0.1, 0.15) is 11.4 Å². The Hall–Kier alpha value is -4.10. The summed E-state index contributed by atoms with van der Waals surface area (Å²) in [4.78, 5) is 25.7. The Morgan fingerprint density at radius 3 is 2.54 bits per heavy atom. The number of alkyl halides is 3. The normalized spacial score (nSPS) is 17.2. The summed E-state index contributed by atoms with van der Waals surface area (Å²) in [5.74, 6) is -0.675. The monoisotopic (exact) mass is 572 g/mol. The fourth-order valence-electron chi connectivity index (χ4n) is 5.36. The van der Waals surface area contributed by atoms with Crippen LogP contribution in [-0.4, -0.2) is 79.8 Å². The molecule has 5 rings (SSSR count). The summed E-state index contributed by atoms with van der Waals surface area (Å²) in [5, 5.41) is 14.0. The average molecular weight is 573 g/mol. The highest BCUT2D eigenvalue weighted by molar-refractivity contribution is 6.00. The van der Waals surface area contributed by atoms with Crippen LogP contribution in [0.2, 0.25) is 0 Å². The first-order valence-corrected chi connectivity index (χ1v) is 12.9. The number of ether oxygens (including phenoxy) is 1. The maximum atomic E-state index is 14.4. The Labute approximate surface area is 233 Å². The number of nitrogens with zero attached hydrogens (tertiary/aromatic N) is 6. The third-order valence-electron chi connectivity index (χ3n) is 7.40. The second-order valence-electron chi connectivity index (χ2n) is 9.88. The second-order valence-corrected chi connectivity index (χ2v) is 9.88. The van der Waals surface area contributed by atoms with E-state index in [1.54, 1.807) is 31.2 Å². The number of pyridine rings is 1. The number of aromatic nitrogens is 4. The summed E-state index contributed by atoms with van der Waals surface area (Å²) in [5.41, 5.74) is -0.821. The van der Waals surface area contributed by atoms with Crippen LogP contribution in [0.5, 0.6) is 5.88 Å². The van der Waals surface area contributed by atoms with E-state index in [1.807, 2.05) is 4.90 Å². The number of carbonyl (C=O) groups excluding carboxylic acids is 1. The van der Waals surface area contributed by atoms with Gasteiger partial charge in [0.05, 0.1) is 31.6 Å². The Balaban J connectivity index is 1.49. The highest BCUT2D eigenvalue weighted by Crippen LogP contribution is 2.37. The van der Waals surface area contributed by atoms with Crippen molar-refractivity contribution in [1.29, 1.82) is 0 Å². The van der Waals surface area contributed by atoms with E-state index < -0.39 is 35.7 Å². The van der Waals surface area contributed by atoms with Gasteiger partial charge in [0.25, 0.3) is 5.91 Å². The average Bonchev–Trinajstić information content (AvgIpc) is 3.36. The topological polar surface area (TPSA) is 96.1 Å². The molecule has 4 heterocycles. The number of hydrogen-bond acceptors (Lipinski definition) is 7. The number of amides is 1. The van der Waals surface area contributed by atoms with E-state index in [9.17, 15) is 27.5 Å². The quantitative estimate of drug-likeness (QED) is 0.347. The zero-order valence-corrected chi connectivity index (χ0v) is 22.6. The van der Waals surface area contributed by atoms with Crippen LogP contribution in [-0.2, 0) is 6.18 Å². The molecule has 0 aliphatic carbocycles. The molecule has 13 heteroatoms. The van der Waals surface area contributed by atoms with Crippen LogP contribution >= 0.6 is 0 Å². The van der Waals surface area contributed by atoms with Gasteiger partial charge in [-0.05, 0) is 26.0 Å². The van der Waals surface area contributed by atoms with Crippen LogP contribution in [0.1, 0.15) is 40.1 Å². The van der Waals surface area contributed by atoms with E-state index in [1.165, 1.54) is 37.3 Å². The van der Waals surface area contributed by atoms with E-state index in [0.29, 0.717) is 28.7 Å². The van der Waals surface area contributed by atoms with Crippen LogP contribution in [0, 0.1) is 12.7 Å². The molecule has 4 aromatic rings. The van der Waals surface area contributed by atoms with Crippen LogP contribution in [0.25, 0.3) is 16.9 Å². The minimum atomic E-state index is -4.78. The Bertz CT molecular complexity index is 1570. The van der Waals surface area contributed by atoms with Crippen molar-refractivity contribution in [3.63, 3.8) is 0 Å². The summed E-state index contributed by atoms with van der Waals surface area (Å²) in [7, 11) is 1.42. The molecule has 216 valence electrons. The zero-order valence-electron chi connectivity index (χ0n) is 22.6. The molecular formula is C28H28F4N6O3. The van der Waals surface area contributed by atoms with Gasteiger partial charge in [0, 0.05) is 54.6 Å². The van der Waals surface area contributed by atoms with E-state index >= 15 is 0 Å². The van der Waals surface area contributed by atoms with Gasteiger partial charge in [-0.2, -0.15) is 18.3 Å². The fraction of sp³-hybridized carbons (Fsp3) is 0.357. The van der Waals surface area contributed by atoms with Crippen molar-refractivity contribution in [3.05, 3.63) is 77.0 Å². The van der Waals surface area contributed by atoms with Gasteiger partial charge < -0.3 is 14.7 Å². The molecule has 0 bridgehead atoms. The summed E-state index contributed by atoms with van der Waals surface area (Å²) in [6.07, 6.45) is -2.32. The highest BCUT2D eigenvalue weighted by Gasteiger charge is 2.40. The first kappa shape index (κ1) is 28.4. The van der Waals surface area contributed by atoms with E-state index in [4.69, 9.17) is 4.74 Å².